The normalized spacial score (nSPS) is 11.6. The number of hydrogen-bond acceptors (Lipinski definition) is 1. The Kier molecular flexibility index (Phi) is 3.12. The molecule has 2 nitrogen and oxygen atoms in total. The van der Waals surface area contributed by atoms with Crippen LogP contribution in [-0.4, -0.2) is 11.6 Å². The second-order valence-corrected chi connectivity index (χ2v) is 3.97. The summed E-state index contributed by atoms with van der Waals surface area (Å²) in [6, 6.07) is 5.03. The third kappa shape index (κ3) is 1.90. The fraction of sp³-hybridized carbons (Fsp3) is 0.273. The van der Waals surface area contributed by atoms with Gasteiger partial charge in [-0.1, -0.05) is 17.7 Å². The van der Waals surface area contributed by atoms with Crippen molar-refractivity contribution in [3.8, 4) is 0 Å². The van der Waals surface area contributed by atoms with Crippen molar-refractivity contribution in [1.29, 1.82) is 0 Å². The van der Waals surface area contributed by atoms with E-state index in [9.17, 15) is 8.78 Å². The Bertz CT molecular complexity index is 508. The van der Waals surface area contributed by atoms with Gasteiger partial charge in [-0.2, -0.15) is 8.78 Å². The molecule has 86 valence electrons. The lowest BCUT2D eigenvalue weighted by Crippen LogP contribution is -2.04. The third-order valence-electron chi connectivity index (χ3n) is 2.46. The van der Waals surface area contributed by atoms with Crippen molar-refractivity contribution in [2.45, 2.75) is 13.1 Å². The predicted molar refractivity (Wildman–Crippen MR) is 61.0 cm³/mol. The summed E-state index contributed by atoms with van der Waals surface area (Å²) in [6.45, 7) is -2.00. The first kappa shape index (κ1) is 11.4. The van der Waals surface area contributed by atoms with Crippen molar-refractivity contribution in [2.24, 2.45) is 0 Å². The van der Waals surface area contributed by atoms with Crippen LogP contribution in [0.25, 0.3) is 10.9 Å². The van der Waals surface area contributed by atoms with Gasteiger partial charge in [0.1, 0.15) is 0 Å². The van der Waals surface area contributed by atoms with Gasteiger partial charge in [0, 0.05) is 23.2 Å². The zero-order valence-corrected chi connectivity index (χ0v) is 9.43. The molecule has 2 rings (SSSR count). The molecule has 0 unspecified atom stereocenters. The molecule has 0 saturated carbocycles. The number of nitrogens with zero attached hydrogens (tertiary/aromatic N) is 1. The first-order valence-electron chi connectivity index (χ1n) is 4.85. The molecule has 5 heteroatoms. The number of alkyl halides is 2. The minimum atomic E-state index is -2.55. The number of aromatic nitrogens is 1. The summed E-state index contributed by atoms with van der Waals surface area (Å²) >= 11 is 5.81. The van der Waals surface area contributed by atoms with Gasteiger partial charge in [-0.25, -0.2) is 0 Å². The van der Waals surface area contributed by atoms with Gasteiger partial charge in [0.25, 0.3) is 0 Å². The summed E-state index contributed by atoms with van der Waals surface area (Å²) < 4.78 is 26.5. The smallest absolute Gasteiger partial charge is 0.316 e. The molecule has 16 heavy (non-hydrogen) atoms. The van der Waals surface area contributed by atoms with Crippen LogP contribution in [-0.2, 0) is 6.54 Å². The van der Waals surface area contributed by atoms with Crippen molar-refractivity contribution in [3.63, 3.8) is 0 Å². The number of benzene rings is 1. The Morgan fingerprint density at radius 2 is 2.19 bits per heavy atom. The molecule has 1 aromatic carbocycles. The molecule has 0 spiro atoms. The molecule has 2 aromatic rings. The van der Waals surface area contributed by atoms with Gasteiger partial charge in [0.05, 0.1) is 5.52 Å². The van der Waals surface area contributed by atoms with Crippen LogP contribution in [0.2, 0.25) is 5.02 Å². The summed E-state index contributed by atoms with van der Waals surface area (Å²) in [6.07, 6.45) is 1.46. The highest BCUT2D eigenvalue weighted by atomic mass is 35.5. The minimum Gasteiger partial charge on any atom is -0.316 e. The monoisotopic (exact) mass is 244 g/mol. The Labute approximate surface area is 96.8 Å². The van der Waals surface area contributed by atoms with Crippen LogP contribution in [0.1, 0.15) is 12.1 Å². The van der Waals surface area contributed by atoms with Crippen LogP contribution in [0.4, 0.5) is 8.78 Å². The number of nitrogens with one attached hydrogen (secondary N) is 1. The molecule has 0 saturated heterocycles. The summed E-state index contributed by atoms with van der Waals surface area (Å²) in [5.41, 5.74) is 1.31. The quantitative estimate of drug-likeness (QED) is 0.876. The molecular weight excluding hydrogens is 234 g/mol. The molecule has 0 bridgehead atoms. The highest BCUT2D eigenvalue weighted by Gasteiger charge is 2.13. The van der Waals surface area contributed by atoms with Crippen LogP contribution in [0.3, 0.4) is 0 Å². The topological polar surface area (TPSA) is 17.0 Å². The lowest BCUT2D eigenvalue weighted by Gasteiger charge is -2.02. The molecule has 0 aliphatic carbocycles. The SMILES string of the molecule is CNCc1cn(C(F)F)c2cc(Cl)ccc12. The van der Waals surface area contributed by atoms with Crippen molar-refractivity contribution in [2.75, 3.05) is 7.05 Å². The molecular formula is C11H11ClF2N2. The van der Waals surface area contributed by atoms with Crippen LogP contribution in [0.5, 0.6) is 0 Å². The van der Waals surface area contributed by atoms with Gasteiger partial charge < -0.3 is 5.32 Å². The summed E-state index contributed by atoms with van der Waals surface area (Å²) in [7, 11) is 1.78. The van der Waals surface area contributed by atoms with Gasteiger partial charge in [-0.05, 0) is 24.7 Å². The molecule has 0 aliphatic rings. The van der Waals surface area contributed by atoms with E-state index in [1.807, 2.05) is 0 Å². The van der Waals surface area contributed by atoms with E-state index in [2.05, 4.69) is 5.32 Å². The van der Waals surface area contributed by atoms with Gasteiger partial charge in [0.15, 0.2) is 0 Å². The van der Waals surface area contributed by atoms with E-state index in [1.54, 1.807) is 25.2 Å². The molecule has 0 aliphatic heterocycles. The average molecular weight is 245 g/mol. The number of hydrogen-bond donors (Lipinski definition) is 1. The maximum absolute atomic E-state index is 12.8. The number of rotatable bonds is 3. The van der Waals surface area contributed by atoms with E-state index >= 15 is 0 Å². The highest BCUT2D eigenvalue weighted by molar-refractivity contribution is 6.31. The van der Waals surface area contributed by atoms with Gasteiger partial charge in [0.2, 0.25) is 0 Å². The lowest BCUT2D eigenvalue weighted by molar-refractivity contribution is 0.0751. The fourth-order valence-electron chi connectivity index (χ4n) is 1.79. The predicted octanol–water partition coefficient (Wildman–Crippen LogP) is 3.41. The van der Waals surface area contributed by atoms with Gasteiger partial charge >= 0.3 is 6.55 Å². The Morgan fingerprint density at radius 3 is 2.81 bits per heavy atom. The van der Waals surface area contributed by atoms with E-state index in [4.69, 9.17) is 11.6 Å². The van der Waals surface area contributed by atoms with Crippen LogP contribution in [0, 0.1) is 0 Å². The largest absolute Gasteiger partial charge is 0.319 e. The van der Waals surface area contributed by atoms with Crippen LogP contribution >= 0.6 is 11.6 Å². The molecule has 0 fully saturated rings. The van der Waals surface area contributed by atoms with Crippen LogP contribution in [0.15, 0.2) is 24.4 Å². The molecule has 1 heterocycles. The van der Waals surface area contributed by atoms with E-state index in [0.717, 1.165) is 15.5 Å². The zero-order chi connectivity index (χ0) is 11.7. The Hall–Kier alpha value is -1.13. The summed E-state index contributed by atoms with van der Waals surface area (Å²) in [5, 5.41) is 4.22. The lowest BCUT2D eigenvalue weighted by atomic mass is 10.2. The van der Waals surface area contributed by atoms with Gasteiger partial charge in [-0.3, -0.25) is 4.57 Å². The second kappa shape index (κ2) is 4.39. The first-order chi connectivity index (χ1) is 7.63. The van der Waals surface area contributed by atoms with E-state index in [0.29, 0.717) is 17.1 Å². The van der Waals surface area contributed by atoms with Crippen molar-refractivity contribution in [1.82, 2.24) is 9.88 Å². The molecule has 0 amide bonds. The Morgan fingerprint density at radius 1 is 1.44 bits per heavy atom. The maximum atomic E-state index is 12.8. The standard InChI is InChI=1S/C11H11ClF2N2/c1-15-5-7-6-16(11(13)14)10-4-8(12)2-3-9(7)10/h2-4,6,11,15H,5H2,1H3. The van der Waals surface area contributed by atoms with Gasteiger partial charge in [-0.15, -0.1) is 0 Å². The number of fused-ring (bicyclic) bond motifs is 1. The Balaban J connectivity index is 2.66. The van der Waals surface area contributed by atoms with E-state index in [-0.39, 0.29) is 0 Å². The molecule has 0 radical (unpaired) electrons. The second-order valence-electron chi connectivity index (χ2n) is 3.53. The summed E-state index contributed by atoms with van der Waals surface area (Å²) in [5.74, 6) is 0. The maximum Gasteiger partial charge on any atom is 0.319 e. The van der Waals surface area contributed by atoms with Crippen molar-refractivity contribution < 1.29 is 8.78 Å². The molecule has 1 aromatic heterocycles. The zero-order valence-electron chi connectivity index (χ0n) is 8.67. The van der Waals surface area contributed by atoms with Crippen molar-refractivity contribution >= 4 is 22.5 Å². The average Bonchev–Trinajstić information content (AvgIpc) is 2.57. The highest BCUT2D eigenvalue weighted by Crippen LogP contribution is 2.28. The fourth-order valence-corrected chi connectivity index (χ4v) is 1.96. The van der Waals surface area contributed by atoms with Crippen molar-refractivity contribution in [3.05, 3.63) is 35.0 Å². The molecule has 1 N–H and O–H groups in total. The number of halogens is 3. The van der Waals surface area contributed by atoms with E-state index in [1.165, 1.54) is 6.20 Å². The van der Waals surface area contributed by atoms with E-state index < -0.39 is 6.55 Å². The van der Waals surface area contributed by atoms with Crippen LogP contribution < -0.4 is 5.32 Å². The minimum absolute atomic E-state index is 0.462. The third-order valence-corrected chi connectivity index (χ3v) is 2.69. The first-order valence-corrected chi connectivity index (χ1v) is 5.23. The molecule has 0 atom stereocenters. The summed E-state index contributed by atoms with van der Waals surface area (Å²) in [4.78, 5) is 0.